The summed E-state index contributed by atoms with van der Waals surface area (Å²) in [6, 6.07) is 4.44. The third-order valence-corrected chi connectivity index (χ3v) is 3.85. The van der Waals surface area contributed by atoms with Crippen LogP contribution in [0.5, 0.6) is 0 Å². The van der Waals surface area contributed by atoms with E-state index in [0.29, 0.717) is 31.2 Å². The number of hydrogen-bond acceptors (Lipinski definition) is 6. The molecule has 0 radical (unpaired) electrons. The van der Waals surface area contributed by atoms with Gasteiger partial charge in [-0.15, -0.1) is 5.06 Å². The number of hydrogen-bond donors (Lipinski definition) is 0. The Hall–Kier alpha value is -1.86. The molecule has 23 heavy (non-hydrogen) atoms. The van der Waals surface area contributed by atoms with E-state index < -0.39 is 10.3 Å². The van der Waals surface area contributed by atoms with Gasteiger partial charge in [0.2, 0.25) is 0 Å². The summed E-state index contributed by atoms with van der Waals surface area (Å²) in [7, 11) is 0. The lowest BCUT2D eigenvalue weighted by Crippen LogP contribution is -2.48. The van der Waals surface area contributed by atoms with Crippen molar-refractivity contribution in [1.82, 2.24) is 5.06 Å². The Kier molecular flexibility index (Phi) is 5.11. The molecule has 0 aromatic heterocycles. The maximum absolute atomic E-state index is 11.9. The van der Waals surface area contributed by atoms with Gasteiger partial charge in [0.25, 0.3) is 5.69 Å². The Bertz CT molecular complexity index is 607. The number of halogens is 1. The summed E-state index contributed by atoms with van der Waals surface area (Å²) in [5.41, 5.74) is 0.175. The summed E-state index contributed by atoms with van der Waals surface area (Å²) in [5.74, 6) is -0.265. The average molecular weight is 342 g/mol. The molecule has 7 nitrogen and oxygen atoms in total. The van der Waals surface area contributed by atoms with Crippen molar-refractivity contribution < 1.29 is 14.6 Å². The van der Waals surface area contributed by atoms with Crippen LogP contribution in [0.4, 0.5) is 11.4 Å². The molecule has 8 heteroatoms. The second kappa shape index (κ2) is 6.72. The maximum Gasteiger partial charge on any atom is 0.330 e. The first-order valence-electron chi connectivity index (χ1n) is 7.35. The van der Waals surface area contributed by atoms with Crippen molar-refractivity contribution in [2.45, 2.75) is 20.8 Å². The van der Waals surface area contributed by atoms with Crippen molar-refractivity contribution in [3.05, 3.63) is 33.3 Å². The first kappa shape index (κ1) is 17.5. The number of hydroxylamine groups is 2. The minimum absolute atomic E-state index is 0.0310. The number of nitro benzene ring substituents is 1. The van der Waals surface area contributed by atoms with E-state index in [1.54, 1.807) is 11.1 Å². The highest BCUT2D eigenvalue weighted by Crippen LogP contribution is 2.30. The van der Waals surface area contributed by atoms with Crippen LogP contribution in [0.1, 0.15) is 20.8 Å². The van der Waals surface area contributed by atoms with Crippen molar-refractivity contribution >= 4 is 28.9 Å². The minimum Gasteiger partial charge on any atom is -0.367 e. The number of anilines is 1. The standard InChI is InChI=1S/C15H20ClN3O4/c1-15(2,3)14(20)23-18-8-6-17(7-9-18)13-5-4-11(19(21)22)10-12(13)16/h4-5,10H,6-9H2,1-3H3. The Morgan fingerprint density at radius 2 is 1.87 bits per heavy atom. The maximum atomic E-state index is 11.9. The molecule has 0 bridgehead atoms. The number of carbonyl (C=O) groups is 1. The second-order valence-electron chi connectivity index (χ2n) is 6.44. The number of carbonyl (C=O) groups excluding carboxylic acids is 1. The molecule has 1 saturated heterocycles. The monoisotopic (exact) mass is 341 g/mol. The van der Waals surface area contributed by atoms with Gasteiger partial charge >= 0.3 is 5.97 Å². The summed E-state index contributed by atoms with van der Waals surface area (Å²) < 4.78 is 0. The van der Waals surface area contributed by atoms with E-state index in [1.807, 2.05) is 25.7 Å². The van der Waals surface area contributed by atoms with Gasteiger partial charge in [-0.25, -0.2) is 4.79 Å². The lowest BCUT2D eigenvalue weighted by atomic mass is 9.98. The van der Waals surface area contributed by atoms with Gasteiger partial charge in [0, 0.05) is 25.2 Å². The first-order chi connectivity index (χ1) is 10.7. The van der Waals surface area contributed by atoms with Gasteiger partial charge in [-0.3, -0.25) is 10.1 Å². The van der Waals surface area contributed by atoms with Crippen LogP contribution in [0.2, 0.25) is 5.02 Å². The smallest absolute Gasteiger partial charge is 0.330 e. The van der Waals surface area contributed by atoms with Crippen molar-refractivity contribution in [1.29, 1.82) is 0 Å². The highest BCUT2D eigenvalue weighted by molar-refractivity contribution is 6.33. The zero-order valence-corrected chi connectivity index (χ0v) is 14.2. The molecule has 0 amide bonds. The van der Waals surface area contributed by atoms with E-state index in [9.17, 15) is 14.9 Å². The molecule has 0 unspecified atom stereocenters. The second-order valence-corrected chi connectivity index (χ2v) is 6.84. The predicted molar refractivity (Wildman–Crippen MR) is 87.4 cm³/mol. The van der Waals surface area contributed by atoms with Crippen LogP contribution in [0, 0.1) is 15.5 Å². The van der Waals surface area contributed by atoms with E-state index in [0.717, 1.165) is 5.69 Å². The quantitative estimate of drug-likeness (QED) is 0.621. The minimum atomic E-state index is -0.543. The molecule has 126 valence electrons. The fraction of sp³-hybridized carbons (Fsp3) is 0.533. The van der Waals surface area contributed by atoms with Crippen LogP contribution < -0.4 is 4.90 Å². The van der Waals surface area contributed by atoms with Crippen LogP contribution in [-0.4, -0.2) is 42.1 Å². The highest BCUT2D eigenvalue weighted by atomic mass is 35.5. The van der Waals surface area contributed by atoms with E-state index in [2.05, 4.69) is 0 Å². The van der Waals surface area contributed by atoms with E-state index in [4.69, 9.17) is 16.4 Å². The third kappa shape index (κ3) is 4.33. The number of piperazine rings is 1. The number of nitrogens with zero attached hydrogens (tertiary/aromatic N) is 3. The SMILES string of the molecule is CC(C)(C)C(=O)ON1CCN(c2ccc([N+](=O)[O-])cc2Cl)CC1. The first-order valence-corrected chi connectivity index (χ1v) is 7.72. The molecule has 0 aliphatic carbocycles. The number of rotatable bonds is 3. The molecule has 1 aliphatic rings. The highest BCUT2D eigenvalue weighted by Gasteiger charge is 2.28. The van der Waals surface area contributed by atoms with Crippen molar-refractivity contribution in [2.75, 3.05) is 31.1 Å². The van der Waals surface area contributed by atoms with Crippen LogP contribution in [0.3, 0.4) is 0 Å². The Balaban J connectivity index is 1.97. The molecule has 1 heterocycles. The van der Waals surface area contributed by atoms with E-state index >= 15 is 0 Å². The molecule has 1 aliphatic heterocycles. The van der Waals surface area contributed by atoms with Crippen molar-refractivity contribution in [3.8, 4) is 0 Å². The summed E-state index contributed by atoms with van der Waals surface area (Å²) in [6.45, 7) is 7.76. The number of non-ortho nitro benzene ring substituents is 1. The molecular formula is C15H20ClN3O4. The molecule has 0 atom stereocenters. The van der Waals surface area contributed by atoms with Gasteiger partial charge in [-0.05, 0) is 26.8 Å². The van der Waals surface area contributed by atoms with Gasteiger partial charge < -0.3 is 9.74 Å². The largest absolute Gasteiger partial charge is 0.367 e. The van der Waals surface area contributed by atoms with E-state index in [1.165, 1.54) is 12.1 Å². The average Bonchev–Trinajstić information content (AvgIpc) is 2.47. The normalized spacial score (nSPS) is 16.3. The summed E-state index contributed by atoms with van der Waals surface area (Å²) >= 11 is 6.14. The summed E-state index contributed by atoms with van der Waals surface area (Å²) in [4.78, 5) is 29.5. The van der Waals surface area contributed by atoms with Gasteiger partial charge in [-0.1, -0.05) is 11.6 Å². The predicted octanol–water partition coefficient (Wildman–Crippen LogP) is 2.87. The topological polar surface area (TPSA) is 75.9 Å². The van der Waals surface area contributed by atoms with Crippen LogP contribution in [0.15, 0.2) is 18.2 Å². The number of nitro groups is 1. The van der Waals surface area contributed by atoms with Crippen molar-refractivity contribution in [3.63, 3.8) is 0 Å². The Morgan fingerprint density at radius 1 is 1.26 bits per heavy atom. The molecule has 0 saturated carbocycles. The molecule has 0 N–H and O–H groups in total. The Labute approximate surface area is 139 Å². The molecule has 1 fully saturated rings. The molecule has 0 spiro atoms. The van der Waals surface area contributed by atoms with Crippen LogP contribution >= 0.6 is 11.6 Å². The van der Waals surface area contributed by atoms with Gasteiger partial charge in [-0.2, -0.15) is 0 Å². The van der Waals surface area contributed by atoms with Crippen LogP contribution in [0.25, 0.3) is 0 Å². The summed E-state index contributed by atoms with van der Waals surface area (Å²) in [6.07, 6.45) is 0. The third-order valence-electron chi connectivity index (χ3n) is 3.55. The van der Waals surface area contributed by atoms with Crippen molar-refractivity contribution in [2.24, 2.45) is 5.41 Å². The lowest BCUT2D eigenvalue weighted by Gasteiger charge is -2.36. The van der Waals surface area contributed by atoms with Gasteiger partial charge in [0.1, 0.15) is 0 Å². The fourth-order valence-electron chi connectivity index (χ4n) is 2.14. The molecule has 2 rings (SSSR count). The Morgan fingerprint density at radius 3 is 2.35 bits per heavy atom. The zero-order valence-electron chi connectivity index (χ0n) is 13.4. The van der Waals surface area contributed by atoms with E-state index in [-0.39, 0.29) is 11.7 Å². The van der Waals surface area contributed by atoms with Gasteiger partial charge in [0.05, 0.1) is 34.1 Å². The molecule has 1 aromatic carbocycles. The van der Waals surface area contributed by atoms with Crippen LogP contribution in [-0.2, 0) is 9.63 Å². The zero-order chi connectivity index (χ0) is 17.2. The molecule has 1 aromatic rings. The lowest BCUT2D eigenvalue weighted by molar-refractivity contribution is -0.384. The molecular weight excluding hydrogens is 322 g/mol. The summed E-state index contributed by atoms with van der Waals surface area (Å²) in [5, 5.41) is 12.7. The van der Waals surface area contributed by atoms with Gasteiger partial charge in [0.15, 0.2) is 0 Å². The fourth-order valence-corrected chi connectivity index (χ4v) is 2.43. The number of benzene rings is 1.